The first-order valence-corrected chi connectivity index (χ1v) is 7.97. The first kappa shape index (κ1) is 15.5. The van der Waals surface area contributed by atoms with Gasteiger partial charge in [-0.15, -0.1) is 0 Å². The maximum atomic E-state index is 12.6. The molecular formula is C16H24N2O4. The van der Waals surface area contributed by atoms with E-state index in [1.807, 2.05) is 25.7 Å². The molecule has 2 aliphatic rings. The molecule has 2 saturated heterocycles. The molecule has 0 saturated carbocycles. The zero-order chi connectivity index (χ0) is 15.7. The van der Waals surface area contributed by atoms with Crippen LogP contribution < -0.4 is 0 Å². The second-order valence-electron chi connectivity index (χ2n) is 6.37. The maximum Gasteiger partial charge on any atom is 0.227 e. The van der Waals surface area contributed by atoms with Gasteiger partial charge in [-0.3, -0.25) is 4.79 Å². The van der Waals surface area contributed by atoms with Gasteiger partial charge in [-0.05, 0) is 33.6 Å². The number of carbonyl (C=O) groups is 1. The molecule has 22 heavy (non-hydrogen) atoms. The van der Waals surface area contributed by atoms with Crippen LogP contribution in [0.2, 0.25) is 0 Å². The van der Waals surface area contributed by atoms with Gasteiger partial charge in [0, 0.05) is 24.6 Å². The van der Waals surface area contributed by atoms with Crippen LogP contribution in [0.25, 0.3) is 0 Å². The zero-order valence-electron chi connectivity index (χ0n) is 13.6. The molecule has 2 fully saturated rings. The van der Waals surface area contributed by atoms with E-state index in [1.54, 1.807) is 0 Å². The Kier molecular flexibility index (Phi) is 4.23. The summed E-state index contributed by atoms with van der Waals surface area (Å²) in [6.07, 6.45) is 2.37. The standard InChI is InChI=1S/C16H24N2O4/c1-11-14(12(2)22-17-11)9-15(19)18-6-4-5-13(10-18)16(3)20-7-8-21-16/h13H,4-10H2,1-3H3/t13-/m1/s1. The van der Waals surface area contributed by atoms with Crippen molar-refractivity contribution in [2.45, 2.75) is 45.8 Å². The van der Waals surface area contributed by atoms with Gasteiger partial charge in [-0.25, -0.2) is 0 Å². The molecule has 6 heteroatoms. The lowest BCUT2D eigenvalue weighted by Crippen LogP contribution is -2.49. The van der Waals surface area contributed by atoms with Gasteiger partial charge in [0.2, 0.25) is 5.91 Å². The van der Waals surface area contributed by atoms with Crippen molar-refractivity contribution in [3.05, 3.63) is 17.0 Å². The first-order valence-electron chi connectivity index (χ1n) is 7.97. The number of carbonyl (C=O) groups excluding carboxylic acids is 1. The topological polar surface area (TPSA) is 64.8 Å². The largest absolute Gasteiger partial charge is 0.361 e. The van der Waals surface area contributed by atoms with Crippen LogP contribution in [0.4, 0.5) is 0 Å². The summed E-state index contributed by atoms with van der Waals surface area (Å²) < 4.78 is 16.7. The van der Waals surface area contributed by atoms with Crippen molar-refractivity contribution in [2.75, 3.05) is 26.3 Å². The molecule has 0 unspecified atom stereocenters. The summed E-state index contributed by atoms with van der Waals surface area (Å²) in [5, 5.41) is 3.92. The second kappa shape index (κ2) is 6.01. The van der Waals surface area contributed by atoms with Crippen molar-refractivity contribution in [3.8, 4) is 0 Å². The number of ether oxygens (including phenoxy) is 2. The maximum absolute atomic E-state index is 12.6. The van der Waals surface area contributed by atoms with Gasteiger partial charge >= 0.3 is 0 Å². The van der Waals surface area contributed by atoms with Crippen LogP contribution in [0.3, 0.4) is 0 Å². The van der Waals surface area contributed by atoms with E-state index in [4.69, 9.17) is 14.0 Å². The SMILES string of the molecule is Cc1noc(C)c1CC(=O)N1CCC[C@@H](C2(C)OCCO2)C1. The van der Waals surface area contributed by atoms with Gasteiger partial charge in [-0.1, -0.05) is 5.16 Å². The van der Waals surface area contributed by atoms with Crippen LogP contribution in [0, 0.1) is 19.8 Å². The van der Waals surface area contributed by atoms with Crippen LogP contribution in [0.15, 0.2) is 4.52 Å². The van der Waals surface area contributed by atoms with E-state index in [1.165, 1.54) is 0 Å². The van der Waals surface area contributed by atoms with Crippen LogP contribution >= 0.6 is 0 Å². The lowest BCUT2D eigenvalue weighted by molar-refractivity contribution is -0.192. The van der Waals surface area contributed by atoms with E-state index >= 15 is 0 Å². The molecule has 3 heterocycles. The number of aryl methyl sites for hydroxylation is 2. The summed E-state index contributed by atoms with van der Waals surface area (Å²) in [5.74, 6) is 0.550. The fourth-order valence-corrected chi connectivity index (χ4v) is 3.41. The van der Waals surface area contributed by atoms with Gasteiger partial charge in [0.15, 0.2) is 5.79 Å². The summed E-state index contributed by atoms with van der Waals surface area (Å²) in [7, 11) is 0. The molecule has 0 aromatic carbocycles. The summed E-state index contributed by atoms with van der Waals surface area (Å²) in [5.41, 5.74) is 1.71. The minimum atomic E-state index is -0.540. The highest BCUT2D eigenvalue weighted by Crippen LogP contribution is 2.34. The van der Waals surface area contributed by atoms with Crippen molar-refractivity contribution in [3.63, 3.8) is 0 Å². The molecule has 1 aromatic heterocycles. The number of hydrogen-bond donors (Lipinski definition) is 0. The number of nitrogens with zero attached hydrogens (tertiary/aromatic N) is 2. The third-order valence-corrected chi connectivity index (χ3v) is 4.89. The number of amides is 1. The Morgan fingerprint density at radius 1 is 1.36 bits per heavy atom. The highest BCUT2D eigenvalue weighted by atomic mass is 16.7. The highest BCUT2D eigenvalue weighted by Gasteiger charge is 2.42. The molecule has 122 valence electrons. The van der Waals surface area contributed by atoms with E-state index in [2.05, 4.69) is 5.16 Å². The summed E-state index contributed by atoms with van der Waals surface area (Å²) in [6.45, 7) is 8.49. The van der Waals surface area contributed by atoms with Gasteiger partial charge < -0.3 is 18.9 Å². The second-order valence-corrected chi connectivity index (χ2v) is 6.37. The fraction of sp³-hybridized carbons (Fsp3) is 0.750. The van der Waals surface area contributed by atoms with E-state index in [0.717, 1.165) is 36.4 Å². The van der Waals surface area contributed by atoms with Crippen molar-refractivity contribution in [1.29, 1.82) is 0 Å². The van der Waals surface area contributed by atoms with Crippen LogP contribution in [0.1, 0.15) is 36.8 Å². The van der Waals surface area contributed by atoms with Crippen LogP contribution in [-0.4, -0.2) is 48.1 Å². The monoisotopic (exact) mass is 308 g/mol. The lowest BCUT2D eigenvalue weighted by atomic mass is 9.90. The molecule has 0 bridgehead atoms. The molecule has 1 atom stereocenters. The lowest BCUT2D eigenvalue weighted by Gasteiger charge is -2.40. The number of rotatable bonds is 3. The van der Waals surface area contributed by atoms with E-state index in [-0.39, 0.29) is 11.8 Å². The Morgan fingerprint density at radius 2 is 2.09 bits per heavy atom. The van der Waals surface area contributed by atoms with E-state index < -0.39 is 5.79 Å². The third kappa shape index (κ3) is 2.90. The predicted octanol–water partition coefficient (Wildman–Crippen LogP) is 1.84. The van der Waals surface area contributed by atoms with E-state index in [9.17, 15) is 4.79 Å². The fourth-order valence-electron chi connectivity index (χ4n) is 3.41. The van der Waals surface area contributed by atoms with Crippen LogP contribution in [0.5, 0.6) is 0 Å². The number of aromatic nitrogens is 1. The molecule has 0 radical (unpaired) electrons. The zero-order valence-corrected chi connectivity index (χ0v) is 13.6. The predicted molar refractivity (Wildman–Crippen MR) is 79.3 cm³/mol. The Balaban J connectivity index is 1.65. The molecule has 2 aliphatic heterocycles. The molecule has 1 aromatic rings. The Labute approximate surface area is 130 Å². The van der Waals surface area contributed by atoms with Crippen molar-refractivity contribution in [1.82, 2.24) is 10.1 Å². The summed E-state index contributed by atoms with van der Waals surface area (Å²) in [6, 6.07) is 0. The summed E-state index contributed by atoms with van der Waals surface area (Å²) >= 11 is 0. The average Bonchev–Trinajstić information content (AvgIpc) is 3.09. The molecular weight excluding hydrogens is 284 g/mol. The van der Waals surface area contributed by atoms with Gasteiger partial charge in [0.05, 0.1) is 25.3 Å². The normalized spacial score (nSPS) is 24.7. The Hall–Kier alpha value is -1.40. The van der Waals surface area contributed by atoms with Crippen molar-refractivity contribution in [2.24, 2.45) is 5.92 Å². The number of likely N-dealkylation sites (tertiary alicyclic amines) is 1. The third-order valence-electron chi connectivity index (χ3n) is 4.89. The molecule has 6 nitrogen and oxygen atoms in total. The van der Waals surface area contributed by atoms with Crippen LogP contribution in [-0.2, 0) is 20.7 Å². The average molecular weight is 308 g/mol. The molecule has 3 rings (SSSR count). The molecule has 0 spiro atoms. The molecule has 0 aliphatic carbocycles. The van der Waals surface area contributed by atoms with E-state index in [0.29, 0.717) is 26.2 Å². The highest BCUT2D eigenvalue weighted by molar-refractivity contribution is 5.79. The molecule has 1 amide bonds. The van der Waals surface area contributed by atoms with Gasteiger partial charge in [0.25, 0.3) is 0 Å². The van der Waals surface area contributed by atoms with Gasteiger partial charge in [0.1, 0.15) is 5.76 Å². The quantitative estimate of drug-likeness (QED) is 0.852. The summed E-state index contributed by atoms with van der Waals surface area (Å²) in [4.78, 5) is 14.5. The number of hydrogen-bond acceptors (Lipinski definition) is 5. The minimum absolute atomic E-state index is 0.126. The smallest absolute Gasteiger partial charge is 0.227 e. The Bertz CT molecular complexity index is 529. The molecule has 0 N–H and O–H groups in total. The van der Waals surface area contributed by atoms with Crippen molar-refractivity contribution < 1.29 is 18.8 Å². The van der Waals surface area contributed by atoms with Gasteiger partial charge in [-0.2, -0.15) is 0 Å². The Morgan fingerprint density at radius 3 is 2.73 bits per heavy atom. The number of piperidine rings is 1. The van der Waals surface area contributed by atoms with Crippen molar-refractivity contribution >= 4 is 5.91 Å². The minimum Gasteiger partial charge on any atom is -0.361 e. The first-order chi connectivity index (χ1) is 10.5.